The van der Waals surface area contributed by atoms with Crippen LogP contribution in [-0.4, -0.2) is 40.1 Å². The Balaban J connectivity index is 2.26. The third-order valence-electron chi connectivity index (χ3n) is 7.24. The Bertz CT molecular complexity index is 1110. The lowest BCUT2D eigenvalue weighted by atomic mass is 9.70. The summed E-state index contributed by atoms with van der Waals surface area (Å²) in [5, 5.41) is 29.2. The molecule has 0 aromatic heterocycles. The van der Waals surface area contributed by atoms with E-state index in [1.54, 1.807) is 0 Å². The Hall–Kier alpha value is -2.81. The number of carbonyl (C=O) groups is 1. The standard InChI is InChI=1S/C32H44O5/c1-8-32(9-2,25-15-13-24(22(3)19-25)14-18-29(34)31(5,6)7)26-16-17-28(23(4)20-26)37-21-27(33)11-10-12-30(35)36/h13,15-17,19-20,27,29,33-34H,8-12,21H2,1-7H3,(H,35,36)/t27-,29?/m0/s1. The van der Waals surface area contributed by atoms with Crippen molar-refractivity contribution >= 4 is 5.97 Å². The van der Waals surface area contributed by atoms with E-state index >= 15 is 0 Å². The van der Waals surface area contributed by atoms with Gasteiger partial charge in [-0.2, -0.15) is 0 Å². The van der Waals surface area contributed by atoms with Crippen LogP contribution in [0.15, 0.2) is 36.4 Å². The Morgan fingerprint density at radius 3 is 2.08 bits per heavy atom. The molecule has 202 valence electrons. The second-order valence-corrected chi connectivity index (χ2v) is 11.1. The van der Waals surface area contributed by atoms with Crippen molar-refractivity contribution in [2.24, 2.45) is 5.41 Å². The predicted octanol–water partition coefficient (Wildman–Crippen LogP) is 6.16. The number of aliphatic carboxylic acids is 1. The number of aliphatic hydroxyl groups is 2. The molecule has 0 aliphatic carbocycles. The SMILES string of the molecule is CCC(CC)(c1ccc(C#CC(O)C(C)(C)C)c(C)c1)c1ccc(OC[C@@H](O)CCCC(=O)O)c(C)c1. The van der Waals surface area contributed by atoms with Crippen molar-refractivity contribution < 1.29 is 24.9 Å². The monoisotopic (exact) mass is 508 g/mol. The van der Waals surface area contributed by atoms with Crippen molar-refractivity contribution in [1.29, 1.82) is 0 Å². The molecule has 3 N–H and O–H groups in total. The van der Waals surface area contributed by atoms with Crippen molar-refractivity contribution in [3.63, 3.8) is 0 Å². The van der Waals surface area contributed by atoms with Crippen molar-refractivity contribution in [2.45, 2.75) is 98.2 Å². The van der Waals surface area contributed by atoms with Crippen LogP contribution in [0.3, 0.4) is 0 Å². The number of ether oxygens (including phenoxy) is 1. The normalized spacial score (nSPS) is 13.4. The number of benzene rings is 2. The number of hydrogen-bond donors (Lipinski definition) is 3. The molecule has 0 spiro atoms. The fraction of sp³-hybridized carbons (Fsp3) is 0.531. The molecule has 0 saturated heterocycles. The van der Waals surface area contributed by atoms with Gasteiger partial charge < -0.3 is 20.1 Å². The molecule has 0 radical (unpaired) electrons. The van der Waals surface area contributed by atoms with Gasteiger partial charge in [-0.15, -0.1) is 0 Å². The minimum absolute atomic E-state index is 0.0484. The average Bonchev–Trinajstić information content (AvgIpc) is 2.83. The first-order chi connectivity index (χ1) is 17.3. The van der Waals surface area contributed by atoms with Gasteiger partial charge >= 0.3 is 5.97 Å². The van der Waals surface area contributed by atoms with Gasteiger partial charge in [0.15, 0.2) is 0 Å². The summed E-state index contributed by atoms with van der Waals surface area (Å²) in [6.45, 7) is 14.6. The first kappa shape index (κ1) is 30.4. The second kappa shape index (κ2) is 13.1. The smallest absolute Gasteiger partial charge is 0.303 e. The zero-order chi connectivity index (χ0) is 27.8. The fourth-order valence-electron chi connectivity index (χ4n) is 4.56. The summed E-state index contributed by atoms with van der Waals surface area (Å²) < 4.78 is 5.87. The van der Waals surface area contributed by atoms with E-state index in [4.69, 9.17) is 9.84 Å². The van der Waals surface area contributed by atoms with Crippen molar-refractivity contribution in [1.82, 2.24) is 0 Å². The van der Waals surface area contributed by atoms with Crippen LogP contribution in [0.5, 0.6) is 5.75 Å². The van der Waals surface area contributed by atoms with Crippen LogP contribution in [0.4, 0.5) is 0 Å². The van der Waals surface area contributed by atoms with Gasteiger partial charge in [-0.25, -0.2) is 0 Å². The molecule has 0 aliphatic rings. The van der Waals surface area contributed by atoms with Crippen molar-refractivity contribution in [3.8, 4) is 17.6 Å². The number of carboxylic acid groups (broad SMARTS) is 1. The highest BCUT2D eigenvalue weighted by Crippen LogP contribution is 2.41. The van der Waals surface area contributed by atoms with E-state index in [9.17, 15) is 15.0 Å². The lowest BCUT2D eigenvalue weighted by Gasteiger charge is -2.34. The van der Waals surface area contributed by atoms with E-state index in [0.29, 0.717) is 12.8 Å². The third kappa shape index (κ3) is 8.09. The molecular weight excluding hydrogens is 464 g/mol. The molecule has 2 rings (SSSR count). The van der Waals surface area contributed by atoms with Gasteiger partial charge in [-0.05, 0) is 79.3 Å². The van der Waals surface area contributed by atoms with Crippen LogP contribution in [0, 0.1) is 31.1 Å². The average molecular weight is 509 g/mol. The summed E-state index contributed by atoms with van der Waals surface area (Å²) in [5.41, 5.74) is 5.01. The molecule has 5 nitrogen and oxygen atoms in total. The molecule has 2 atom stereocenters. The van der Waals surface area contributed by atoms with Gasteiger partial charge in [0.2, 0.25) is 0 Å². The van der Waals surface area contributed by atoms with Gasteiger partial charge in [0.05, 0.1) is 6.10 Å². The molecule has 5 heteroatoms. The van der Waals surface area contributed by atoms with Crippen LogP contribution in [0.2, 0.25) is 0 Å². The topological polar surface area (TPSA) is 87.0 Å². The molecular formula is C32H44O5. The molecule has 0 bridgehead atoms. The minimum atomic E-state index is -0.855. The predicted molar refractivity (Wildman–Crippen MR) is 149 cm³/mol. The Morgan fingerprint density at radius 2 is 1.57 bits per heavy atom. The number of aryl methyl sites for hydroxylation is 2. The fourth-order valence-corrected chi connectivity index (χ4v) is 4.56. The maximum Gasteiger partial charge on any atom is 0.303 e. The largest absolute Gasteiger partial charge is 0.491 e. The number of hydrogen-bond acceptors (Lipinski definition) is 4. The van der Waals surface area contributed by atoms with E-state index in [1.165, 1.54) is 11.1 Å². The van der Waals surface area contributed by atoms with Gasteiger partial charge in [-0.1, -0.05) is 70.7 Å². The molecule has 0 aliphatic heterocycles. The van der Waals surface area contributed by atoms with E-state index < -0.39 is 18.2 Å². The summed E-state index contributed by atoms with van der Waals surface area (Å²) in [6, 6.07) is 12.7. The molecule has 0 saturated carbocycles. The van der Waals surface area contributed by atoms with E-state index in [2.05, 4.69) is 62.9 Å². The van der Waals surface area contributed by atoms with Crippen molar-refractivity contribution in [2.75, 3.05) is 6.61 Å². The highest BCUT2D eigenvalue weighted by atomic mass is 16.5. The van der Waals surface area contributed by atoms with Crippen LogP contribution in [-0.2, 0) is 10.2 Å². The zero-order valence-electron chi connectivity index (χ0n) is 23.5. The minimum Gasteiger partial charge on any atom is -0.491 e. The van der Waals surface area contributed by atoms with Crippen LogP contribution < -0.4 is 4.74 Å². The van der Waals surface area contributed by atoms with Crippen LogP contribution in [0.1, 0.15) is 94.5 Å². The summed E-state index contributed by atoms with van der Waals surface area (Å²) in [5.74, 6) is 6.03. The molecule has 0 amide bonds. The first-order valence-electron chi connectivity index (χ1n) is 13.3. The van der Waals surface area contributed by atoms with E-state index in [-0.39, 0.29) is 23.9 Å². The van der Waals surface area contributed by atoms with Gasteiger partial charge in [0.1, 0.15) is 18.5 Å². The molecule has 2 aromatic rings. The van der Waals surface area contributed by atoms with Gasteiger partial charge in [-0.3, -0.25) is 4.79 Å². The summed E-state index contributed by atoms with van der Waals surface area (Å²) in [6.07, 6.45) is 1.34. The van der Waals surface area contributed by atoms with Crippen molar-refractivity contribution in [3.05, 3.63) is 64.2 Å². The number of aliphatic hydroxyl groups excluding tert-OH is 2. The lowest BCUT2D eigenvalue weighted by Crippen LogP contribution is -2.26. The Morgan fingerprint density at radius 1 is 0.973 bits per heavy atom. The molecule has 0 heterocycles. The quantitative estimate of drug-likeness (QED) is 0.316. The molecule has 1 unspecified atom stereocenters. The number of carboxylic acids is 1. The maximum absolute atomic E-state index is 10.7. The highest BCUT2D eigenvalue weighted by molar-refractivity contribution is 5.66. The van der Waals surface area contributed by atoms with Crippen LogP contribution in [0.25, 0.3) is 0 Å². The number of rotatable bonds is 11. The summed E-state index contributed by atoms with van der Waals surface area (Å²) in [7, 11) is 0. The zero-order valence-corrected chi connectivity index (χ0v) is 23.5. The highest BCUT2D eigenvalue weighted by Gasteiger charge is 2.31. The lowest BCUT2D eigenvalue weighted by molar-refractivity contribution is -0.137. The van der Waals surface area contributed by atoms with Crippen LogP contribution >= 0.6 is 0 Å². The Labute approximate surface area is 222 Å². The second-order valence-electron chi connectivity index (χ2n) is 11.1. The van der Waals surface area contributed by atoms with Gasteiger partial charge in [0, 0.05) is 17.4 Å². The molecule has 0 fully saturated rings. The first-order valence-corrected chi connectivity index (χ1v) is 13.3. The molecule has 2 aromatic carbocycles. The molecule has 37 heavy (non-hydrogen) atoms. The van der Waals surface area contributed by atoms with Gasteiger partial charge in [0.25, 0.3) is 0 Å². The maximum atomic E-state index is 10.7. The Kier molecular flexibility index (Phi) is 10.8. The summed E-state index contributed by atoms with van der Waals surface area (Å²) >= 11 is 0. The third-order valence-corrected chi connectivity index (χ3v) is 7.24. The van der Waals surface area contributed by atoms with E-state index in [1.807, 2.05) is 33.8 Å². The summed E-state index contributed by atoms with van der Waals surface area (Å²) in [4.78, 5) is 10.7. The van der Waals surface area contributed by atoms with E-state index in [0.717, 1.165) is 35.3 Å².